The number of carbonyl (C=O) groups excluding carboxylic acids is 1. The van der Waals surface area contributed by atoms with Gasteiger partial charge in [0.05, 0.1) is 22.5 Å². The first-order valence-corrected chi connectivity index (χ1v) is 19.3. The molecular formula is C46H36F2N2O4S2. The van der Waals surface area contributed by atoms with Crippen LogP contribution in [0, 0.1) is 11.6 Å². The summed E-state index contributed by atoms with van der Waals surface area (Å²) in [5, 5.41) is 18.1. The number of carboxylic acid groups (broad SMARTS) is 1. The van der Waals surface area contributed by atoms with E-state index in [0.29, 0.717) is 28.3 Å². The fourth-order valence-electron chi connectivity index (χ4n) is 5.93. The maximum Gasteiger partial charge on any atom is 0.340 e. The summed E-state index contributed by atoms with van der Waals surface area (Å²) in [6.07, 6.45) is 0. The average molecular weight is 783 g/mol. The minimum Gasteiger partial charge on any atom is -0.478 e. The van der Waals surface area contributed by atoms with Crippen LogP contribution in [0.15, 0.2) is 146 Å². The highest BCUT2D eigenvalue weighted by molar-refractivity contribution is 7.22. The molecule has 0 aliphatic heterocycles. The van der Waals surface area contributed by atoms with E-state index in [2.05, 4.69) is 47.0 Å². The van der Waals surface area contributed by atoms with Crippen molar-refractivity contribution >= 4 is 77.5 Å². The fraction of sp³-hybridized carbons (Fsp3) is 0.0870. The van der Waals surface area contributed by atoms with Gasteiger partial charge in [0, 0.05) is 30.5 Å². The van der Waals surface area contributed by atoms with Gasteiger partial charge in [0.1, 0.15) is 17.2 Å². The van der Waals surface area contributed by atoms with Crippen LogP contribution in [0.5, 0.6) is 0 Å². The van der Waals surface area contributed by atoms with Gasteiger partial charge in [-0.25, -0.2) is 18.4 Å². The Kier molecular flexibility index (Phi) is 10.9. The van der Waals surface area contributed by atoms with Crippen LogP contribution in [0.1, 0.15) is 41.5 Å². The highest BCUT2D eigenvalue weighted by atomic mass is 32.1. The zero-order chi connectivity index (χ0) is 39.4. The van der Waals surface area contributed by atoms with Crippen molar-refractivity contribution in [3.8, 4) is 20.9 Å². The van der Waals surface area contributed by atoms with Crippen molar-refractivity contribution in [3.63, 3.8) is 0 Å². The lowest BCUT2D eigenvalue weighted by atomic mass is 10.1. The molecule has 2 aromatic heterocycles. The molecule has 6 nitrogen and oxygen atoms in total. The van der Waals surface area contributed by atoms with Crippen LogP contribution < -0.4 is 10.6 Å². The number of hydrogen-bond acceptors (Lipinski definition) is 7. The Morgan fingerprint density at radius 3 is 1.43 bits per heavy atom. The lowest BCUT2D eigenvalue weighted by Gasteiger charge is -2.21. The van der Waals surface area contributed by atoms with Crippen LogP contribution in [-0.4, -0.2) is 22.6 Å². The van der Waals surface area contributed by atoms with E-state index in [1.807, 2.05) is 69.3 Å². The van der Waals surface area contributed by atoms with Gasteiger partial charge in [-0.05, 0) is 140 Å². The molecule has 10 heteroatoms. The molecule has 0 saturated heterocycles. The number of benzene rings is 6. The smallest absolute Gasteiger partial charge is 0.340 e. The molecule has 2 heterocycles. The molecule has 0 aliphatic rings. The van der Waals surface area contributed by atoms with Crippen LogP contribution in [0.2, 0.25) is 0 Å². The highest BCUT2D eigenvalue weighted by Crippen LogP contribution is 2.38. The molecule has 6 aromatic carbocycles. The van der Waals surface area contributed by atoms with Gasteiger partial charge in [-0.3, -0.25) is 0 Å². The topological polar surface area (TPSA) is 87.7 Å². The van der Waals surface area contributed by atoms with Gasteiger partial charge in [0.25, 0.3) is 0 Å². The molecule has 3 N–H and O–H groups in total. The Balaban J connectivity index is 0.000000173. The number of carboxylic acids is 1. The largest absolute Gasteiger partial charge is 0.478 e. The van der Waals surface area contributed by atoms with Gasteiger partial charge < -0.3 is 20.5 Å². The lowest BCUT2D eigenvalue weighted by molar-refractivity contribution is 0.00705. The first kappa shape index (κ1) is 37.9. The van der Waals surface area contributed by atoms with E-state index in [4.69, 9.17) is 4.74 Å². The molecule has 0 spiro atoms. The first-order valence-electron chi connectivity index (χ1n) is 17.7. The van der Waals surface area contributed by atoms with Crippen molar-refractivity contribution in [1.82, 2.24) is 0 Å². The Morgan fingerprint density at radius 2 is 1.00 bits per heavy atom. The summed E-state index contributed by atoms with van der Waals surface area (Å²) in [6, 6.07) is 43.3. The van der Waals surface area contributed by atoms with Crippen molar-refractivity contribution < 1.29 is 28.2 Å². The number of aromatic carboxylic acids is 1. The average Bonchev–Trinajstić information content (AvgIpc) is 3.81. The molecule has 0 saturated carbocycles. The van der Waals surface area contributed by atoms with Crippen LogP contribution >= 0.6 is 22.7 Å². The predicted molar refractivity (Wildman–Crippen MR) is 226 cm³/mol. The van der Waals surface area contributed by atoms with Gasteiger partial charge in [-0.1, -0.05) is 48.5 Å². The second-order valence-corrected chi connectivity index (χ2v) is 16.1. The number of nitrogens with one attached hydrogen (secondary N) is 2. The van der Waals surface area contributed by atoms with E-state index in [0.717, 1.165) is 26.3 Å². The molecule has 8 rings (SSSR count). The quantitative estimate of drug-likeness (QED) is 0.133. The highest BCUT2D eigenvalue weighted by Gasteiger charge is 2.22. The molecule has 0 radical (unpaired) electrons. The SMILES string of the molecule is CC(C)(C)OC(=O)c1ccc(-c2cc3ccccc3s2)cc1Nc1ccc(F)cc1.O=C(O)c1ccc(-c2cc3ccccc3s2)cc1Nc1ccc(F)cc1. The minimum absolute atomic E-state index is 0.166. The number of hydrogen-bond donors (Lipinski definition) is 3. The number of ether oxygens (including phenoxy) is 1. The van der Waals surface area contributed by atoms with Gasteiger partial charge in [0.15, 0.2) is 0 Å². The monoisotopic (exact) mass is 782 g/mol. The number of halogens is 2. The lowest BCUT2D eigenvalue weighted by Crippen LogP contribution is -2.24. The van der Waals surface area contributed by atoms with Gasteiger partial charge in [0.2, 0.25) is 0 Å². The Hall–Kier alpha value is -6.36. The summed E-state index contributed by atoms with van der Waals surface area (Å²) in [4.78, 5) is 26.5. The third-order valence-corrected chi connectivity index (χ3v) is 10.9. The fourth-order valence-corrected chi connectivity index (χ4v) is 8.04. The van der Waals surface area contributed by atoms with Crippen LogP contribution in [-0.2, 0) is 4.74 Å². The Labute approximate surface area is 330 Å². The van der Waals surface area contributed by atoms with Crippen molar-refractivity contribution in [2.75, 3.05) is 10.6 Å². The molecule has 0 atom stereocenters. The van der Waals surface area contributed by atoms with Crippen LogP contribution in [0.4, 0.5) is 31.5 Å². The summed E-state index contributed by atoms with van der Waals surface area (Å²) in [5.74, 6) is -2.08. The van der Waals surface area contributed by atoms with E-state index in [9.17, 15) is 23.5 Å². The molecule has 56 heavy (non-hydrogen) atoms. The van der Waals surface area contributed by atoms with Crippen molar-refractivity contribution in [3.05, 3.63) is 168 Å². The number of esters is 1. The summed E-state index contributed by atoms with van der Waals surface area (Å²) >= 11 is 3.35. The molecule has 0 unspecified atom stereocenters. The molecule has 0 aliphatic carbocycles. The Morgan fingerprint density at radius 1 is 0.571 bits per heavy atom. The second-order valence-electron chi connectivity index (χ2n) is 13.9. The number of fused-ring (bicyclic) bond motifs is 2. The predicted octanol–water partition coefficient (Wildman–Crippen LogP) is 13.6. The van der Waals surface area contributed by atoms with Crippen molar-refractivity contribution in [1.29, 1.82) is 0 Å². The second kappa shape index (κ2) is 16.2. The Bertz CT molecular complexity index is 2610. The van der Waals surface area contributed by atoms with Gasteiger partial charge >= 0.3 is 11.9 Å². The normalized spacial score (nSPS) is 11.2. The maximum atomic E-state index is 13.3. The van der Waals surface area contributed by atoms with E-state index >= 15 is 0 Å². The van der Waals surface area contributed by atoms with Crippen LogP contribution in [0.25, 0.3) is 41.1 Å². The van der Waals surface area contributed by atoms with E-state index in [-0.39, 0.29) is 17.2 Å². The summed E-state index contributed by atoms with van der Waals surface area (Å²) in [5.41, 5.74) is 4.32. The molecule has 0 amide bonds. The van der Waals surface area contributed by atoms with E-state index in [1.165, 1.54) is 39.1 Å². The molecule has 280 valence electrons. The third kappa shape index (κ3) is 9.11. The number of rotatable bonds is 8. The standard InChI is InChI=1S/C25H22FNO2S.C21H14FNO2S/c1-25(2,3)29-24(28)20-13-8-17(23-15-16-6-4-5-7-22(16)30-23)14-21(20)27-19-11-9-18(26)10-12-19;22-15-6-8-16(9-7-15)23-18-11-14(5-10-17(18)21(24)25)20-12-13-3-1-2-4-19(13)26-20/h4-15,27H,1-3H3;1-12,23H,(H,24,25). The molecule has 0 fully saturated rings. The zero-order valence-electron chi connectivity index (χ0n) is 30.6. The number of carbonyl (C=O) groups is 2. The van der Waals surface area contributed by atoms with Gasteiger partial charge in [-0.2, -0.15) is 0 Å². The first-order chi connectivity index (χ1) is 26.9. The molecule has 8 aromatic rings. The summed E-state index contributed by atoms with van der Waals surface area (Å²) < 4.78 is 34.4. The van der Waals surface area contributed by atoms with Crippen molar-refractivity contribution in [2.45, 2.75) is 26.4 Å². The zero-order valence-corrected chi connectivity index (χ0v) is 32.2. The molecular weight excluding hydrogens is 747 g/mol. The maximum absolute atomic E-state index is 13.3. The summed E-state index contributed by atoms with van der Waals surface area (Å²) in [7, 11) is 0. The summed E-state index contributed by atoms with van der Waals surface area (Å²) in [6.45, 7) is 5.51. The number of thiophene rings is 2. The van der Waals surface area contributed by atoms with Crippen LogP contribution in [0.3, 0.4) is 0 Å². The van der Waals surface area contributed by atoms with Crippen molar-refractivity contribution in [2.24, 2.45) is 0 Å². The van der Waals surface area contributed by atoms with E-state index in [1.54, 1.807) is 59.1 Å². The number of anilines is 4. The molecule has 0 bridgehead atoms. The third-order valence-electron chi connectivity index (χ3n) is 8.55. The van der Waals surface area contributed by atoms with Gasteiger partial charge in [-0.15, -0.1) is 22.7 Å². The minimum atomic E-state index is -1.02. The van der Waals surface area contributed by atoms with E-state index < -0.39 is 17.5 Å².